The first-order valence-electron chi connectivity index (χ1n) is 7.38. The normalized spacial score (nSPS) is 12.1. The van der Waals surface area contributed by atoms with E-state index in [9.17, 15) is 22.8 Å². The van der Waals surface area contributed by atoms with Crippen molar-refractivity contribution >= 4 is 28.1 Å². The summed E-state index contributed by atoms with van der Waals surface area (Å²) in [4.78, 5) is 34.4. The van der Waals surface area contributed by atoms with Crippen molar-refractivity contribution in [2.45, 2.75) is 19.1 Å². The number of nitrogens with one attached hydrogen (secondary N) is 2. The fourth-order valence-electron chi connectivity index (χ4n) is 1.74. The molecule has 11 heteroatoms. The Bertz CT molecular complexity index is 720. The minimum atomic E-state index is -4.28. The topological polar surface area (TPSA) is 137 Å². The lowest BCUT2D eigenvalue weighted by Crippen LogP contribution is -2.49. The Labute approximate surface area is 151 Å². The summed E-state index contributed by atoms with van der Waals surface area (Å²) in [7, 11) is -2.15. The molecule has 0 unspecified atom stereocenters. The van der Waals surface area contributed by atoms with Gasteiger partial charge in [-0.25, -0.2) is 0 Å². The number of hydrogen-bond donors (Lipinski definition) is 2. The Kier molecular flexibility index (Phi) is 8.68. The van der Waals surface area contributed by atoms with Crippen LogP contribution in [0.3, 0.4) is 0 Å². The highest BCUT2D eigenvalue weighted by atomic mass is 32.2. The van der Waals surface area contributed by atoms with Crippen molar-refractivity contribution < 1.29 is 37.0 Å². The predicted octanol–water partition coefficient (Wildman–Crippen LogP) is -0.741. The largest absolute Gasteiger partial charge is 0.469 e. The van der Waals surface area contributed by atoms with Crippen molar-refractivity contribution in [3.63, 3.8) is 0 Å². The molecule has 0 bridgehead atoms. The summed E-state index contributed by atoms with van der Waals surface area (Å²) in [6.45, 7) is -0.670. The molecule has 1 atom stereocenters. The predicted molar refractivity (Wildman–Crippen MR) is 88.7 cm³/mol. The Balaban J connectivity index is 2.53. The number of carbonyl (C=O) groups is 3. The van der Waals surface area contributed by atoms with E-state index < -0.39 is 47.1 Å². The lowest BCUT2D eigenvalue weighted by Gasteiger charge is -2.15. The van der Waals surface area contributed by atoms with E-state index in [1.165, 1.54) is 0 Å². The fourth-order valence-corrected chi connectivity index (χ4v) is 2.68. The van der Waals surface area contributed by atoms with Gasteiger partial charge in [0.15, 0.2) is 0 Å². The van der Waals surface area contributed by atoms with Crippen LogP contribution in [0.25, 0.3) is 0 Å². The molecule has 0 saturated carbocycles. The second-order valence-corrected chi connectivity index (χ2v) is 6.48. The molecule has 0 saturated heterocycles. The molecule has 0 heterocycles. The summed E-state index contributed by atoms with van der Waals surface area (Å²) in [6, 6.07) is 7.33. The van der Waals surface area contributed by atoms with Gasteiger partial charge in [-0.05, 0) is 5.56 Å². The van der Waals surface area contributed by atoms with Crippen LogP contribution in [0.5, 0.6) is 0 Å². The molecule has 0 fully saturated rings. The third-order valence-corrected chi connectivity index (χ3v) is 4.15. The van der Waals surface area contributed by atoms with Gasteiger partial charge < -0.3 is 14.2 Å². The van der Waals surface area contributed by atoms with E-state index in [0.717, 1.165) is 19.8 Å². The van der Waals surface area contributed by atoms with Crippen LogP contribution in [0.1, 0.15) is 12.0 Å². The number of ether oxygens (including phenoxy) is 3. The maximum Gasteiger partial charge on any atom is 0.324 e. The lowest BCUT2D eigenvalue weighted by atomic mass is 10.2. The molecule has 0 aliphatic heterocycles. The average Bonchev–Trinajstić information content (AvgIpc) is 2.64. The standard InChI is InChI=1S/C15H20N2O8S/c1-23-13(18)8-12(15(20)24-2)17-26(21,22)16-9-14(19)25-10-11-6-4-3-5-7-11/h3-7,12,16-17H,8-10H2,1-2H3/t12-/m0/s1. The zero-order chi connectivity index (χ0) is 19.6. The van der Waals surface area contributed by atoms with Crippen LogP contribution in [0.15, 0.2) is 30.3 Å². The molecule has 26 heavy (non-hydrogen) atoms. The highest BCUT2D eigenvalue weighted by Crippen LogP contribution is 2.01. The second kappa shape index (κ2) is 10.5. The quantitative estimate of drug-likeness (QED) is 0.395. The summed E-state index contributed by atoms with van der Waals surface area (Å²) >= 11 is 0. The highest BCUT2D eigenvalue weighted by Gasteiger charge is 2.28. The molecule has 0 aliphatic rings. The van der Waals surface area contributed by atoms with E-state index in [4.69, 9.17) is 4.74 Å². The van der Waals surface area contributed by atoms with E-state index in [1.54, 1.807) is 30.3 Å². The van der Waals surface area contributed by atoms with Gasteiger partial charge in [0.1, 0.15) is 19.2 Å². The van der Waals surface area contributed by atoms with Gasteiger partial charge in [0.25, 0.3) is 10.2 Å². The highest BCUT2D eigenvalue weighted by molar-refractivity contribution is 7.87. The summed E-state index contributed by atoms with van der Waals surface area (Å²) < 4.78 is 41.4. The molecule has 0 aromatic heterocycles. The average molecular weight is 388 g/mol. The zero-order valence-corrected chi connectivity index (χ0v) is 15.1. The number of benzene rings is 1. The van der Waals surface area contributed by atoms with Gasteiger partial charge in [0.2, 0.25) is 0 Å². The first-order valence-corrected chi connectivity index (χ1v) is 8.87. The minimum absolute atomic E-state index is 0.0119. The van der Waals surface area contributed by atoms with Crippen molar-refractivity contribution in [3.8, 4) is 0 Å². The van der Waals surface area contributed by atoms with E-state index in [2.05, 4.69) is 9.47 Å². The molecule has 144 valence electrons. The monoisotopic (exact) mass is 388 g/mol. The first-order chi connectivity index (χ1) is 12.3. The molecule has 0 spiro atoms. The second-order valence-electron chi connectivity index (χ2n) is 4.94. The van der Waals surface area contributed by atoms with Crippen LogP contribution in [0.4, 0.5) is 0 Å². The van der Waals surface area contributed by atoms with Gasteiger partial charge in [-0.15, -0.1) is 0 Å². The molecule has 0 aliphatic carbocycles. The summed E-state index contributed by atoms with van der Waals surface area (Å²) in [5.74, 6) is -2.61. The zero-order valence-electron chi connectivity index (χ0n) is 14.3. The molecule has 0 amide bonds. The van der Waals surface area contributed by atoms with Crippen LogP contribution in [0, 0.1) is 0 Å². The number of carbonyl (C=O) groups excluding carboxylic acids is 3. The van der Waals surface area contributed by atoms with Gasteiger partial charge in [0, 0.05) is 0 Å². The van der Waals surface area contributed by atoms with Crippen LogP contribution in [-0.2, 0) is 45.4 Å². The number of hydrogen-bond acceptors (Lipinski definition) is 8. The SMILES string of the molecule is COC(=O)C[C@H](NS(=O)(=O)NCC(=O)OCc1ccccc1)C(=O)OC. The summed E-state index contributed by atoms with van der Waals surface area (Å²) in [5, 5.41) is 0. The van der Waals surface area contributed by atoms with E-state index in [0.29, 0.717) is 0 Å². The Morgan fingerprint density at radius 1 is 1.04 bits per heavy atom. The van der Waals surface area contributed by atoms with Crippen molar-refractivity contribution in [2.24, 2.45) is 0 Å². The van der Waals surface area contributed by atoms with Crippen LogP contribution in [0.2, 0.25) is 0 Å². The van der Waals surface area contributed by atoms with Gasteiger partial charge in [-0.3, -0.25) is 14.4 Å². The molecular weight excluding hydrogens is 368 g/mol. The maximum absolute atomic E-state index is 11.9. The van der Waals surface area contributed by atoms with Crippen molar-refractivity contribution in [2.75, 3.05) is 20.8 Å². The van der Waals surface area contributed by atoms with Crippen LogP contribution >= 0.6 is 0 Å². The van der Waals surface area contributed by atoms with Crippen LogP contribution < -0.4 is 9.44 Å². The minimum Gasteiger partial charge on any atom is -0.469 e. The molecular formula is C15H20N2O8S. The van der Waals surface area contributed by atoms with Crippen molar-refractivity contribution in [1.82, 2.24) is 9.44 Å². The van der Waals surface area contributed by atoms with Crippen molar-refractivity contribution in [3.05, 3.63) is 35.9 Å². The van der Waals surface area contributed by atoms with Gasteiger partial charge in [-0.2, -0.15) is 17.9 Å². The van der Waals surface area contributed by atoms with Gasteiger partial charge in [-0.1, -0.05) is 30.3 Å². The van der Waals surface area contributed by atoms with Gasteiger partial charge in [0.05, 0.1) is 20.6 Å². The third kappa shape index (κ3) is 8.05. The number of rotatable bonds is 10. The lowest BCUT2D eigenvalue weighted by molar-refractivity contribution is -0.149. The fraction of sp³-hybridized carbons (Fsp3) is 0.400. The summed E-state index contributed by atoms with van der Waals surface area (Å²) in [6.07, 6.45) is -0.567. The van der Waals surface area contributed by atoms with Crippen molar-refractivity contribution in [1.29, 1.82) is 0 Å². The first kappa shape index (κ1) is 21.5. The molecule has 10 nitrogen and oxygen atoms in total. The molecule has 0 radical (unpaired) electrons. The summed E-state index contributed by atoms with van der Waals surface area (Å²) in [5.41, 5.74) is 0.741. The molecule has 2 N–H and O–H groups in total. The van der Waals surface area contributed by atoms with E-state index in [1.807, 2.05) is 9.44 Å². The van der Waals surface area contributed by atoms with E-state index >= 15 is 0 Å². The van der Waals surface area contributed by atoms with E-state index in [-0.39, 0.29) is 6.61 Å². The Morgan fingerprint density at radius 3 is 2.27 bits per heavy atom. The number of esters is 3. The molecule has 1 rings (SSSR count). The van der Waals surface area contributed by atoms with Gasteiger partial charge >= 0.3 is 17.9 Å². The number of methoxy groups -OCH3 is 2. The Hall–Kier alpha value is -2.50. The third-order valence-electron chi connectivity index (χ3n) is 3.03. The Morgan fingerprint density at radius 2 is 1.69 bits per heavy atom. The maximum atomic E-state index is 11.9. The molecule has 1 aromatic rings. The molecule has 1 aromatic carbocycles. The van der Waals surface area contributed by atoms with Crippen LogP contribution in [-0.4, -0.2) is 53.1 Å². The smallest absolute Gasteiger partial charge is 0.324 e.